The Kier molecular flexibility index (Phi) is 5.53. The smallest absolute Gasteiger partial charge is 0.251 e. The van der Waals surface area contributed by atoms with Crippen molar-refractivity contribution in [2.45, 2.75) is 4.21 Å². The zero-order valence-corrected chi connectivity index (χ0v) is 11.9. The van der Waals surface area contributed by atoms with Crippen molar-refractivity contribution in [1.29, 1.82) is 0 Å². The van der Waals surface area contributed by atoms with Crippen LogP contribution in [0.2, 0.25) is 0 Å². The van der Waals surface area contributed by atoms with Crippen molar-refractivity contribution in [2.24, 2.45) is 5.73 Å². The topological polar surface area (TPSA) is 98.5 Å². The summed E-state index contributed by atoms with van der Waals surface area (Å²) < 4.78 is 31.4. The first kappa shape index (κ1) is 14.6. The molecule has 0 saturated carbocycles. The Bertz CT molecular complexity index is 485. The molecule has 0 atom stereocenters. The van der Waals surface area contributed by atoms with E-state index >= 15 is 0 Å². The maximum absolute atomic E-state index is 11.7. The maximum Gasteiger partial charge on any atom is 0.251 e. The predicted molar refractivity (Wildman–Crippen MR) is 67.2 cm³/mol. The molecule has 1 aromatic heterocycles. The lowest BCUT2D eigenvalue weighted by Crippen LogP contribution is -2.28. The molecular weight excluding hydrogens is 332 g/mol. The lowest BCUT2D eigenvalue weighted by molar-refractivity contribution is -0.122. The number of carbonyl (C=O) groups excluding carboxylic acids is 1. The number of carbonyl (C=O) groups is 1. The number of nitrogens with two attached hydrogens (primary N) is 1. The second kappa shape index (κ2) is 6.45. The van der Waals surface area contributed by atoms with Gasteiger partial charge in [-0.2, -0.15) is 0 Å². The number of rotatable bonds is 7. The van der Waals surface area contributed by atoms with E-state index in [1.807, 2.05) is 0 Å². The van der Waals surface area contributed by atoms with Crippen LogP contribution in [0, 0.1) is 0 Å². The Morgan fingerprint density at radius 1 is 1.59 bits per heavy atom. The van der Waals surface area contributed by atoms with Gasteiger partial charge in [0.2, 0.25) is 5.91 Å². The summed E-state index contributed by atoms with van der Waals surface area (Å²) >= 11 is 4.26. The molecule has 1 aromatic rings. The fourth-order valence-electron chi connectivity index (χ4n) is 0.958. The molecule has 6 nitrogen and oxygen atoms in total. The van der Waals surface area contributed by atoms with E-state index in [0.717, 1.165) is 11.3 Å². The molecule has 0 aliphatic carbocycles. The third-order valence-corrected chi connectivity index (χ3v) is 5.74. The summed E-state index contributed by atoms with van der Waals surface area (Å²) in [5.41, 5.74) is 4.85. The number of sulfonamides is 1. The number of hydrogen-bond acceptors (Lipinski definition) is 5. The zero-order chi connectivity index (χ0) is 12.9. The molecule has 0 fully saturated rings. The van der Waals surface area contributed by atoms with Gasteiger partial charge in [0, 0.05) is 11.0 Å². The molecule has 0 unspecified atom stereocenters. The van der Waals surface area contributed by atoms with Crippen LogP contribution >= 0.6 is 27.3 Å². The number of hydrogen-bond donors (Lipinski definition) is 2. The van der Waals surface area contributed by atoms with E-state index in [1.165, 1.54) is 0 Å². The number of primary amides is 1. The first-order valence-electron chi connectivity index (χ1n) is 4.52. The van der Waals surface area contributed by atoms with Crippen molar-refractivity contribution < 1.29 is 17.9 Å². The average Bonchev–Trinajstić information content (AvgIpc) is 2.64. The minimum absolute atomic E-state index is 0.0833. The molecule has 0 bridgehead atoms. The lowest BCUT2D eigenvalue weighted by Gasteiger charge is -2.05. The van der Waals surface area contributed by atoms with Gasteiger partial charge in [-0.1, -0.05) is 0 Å². The van der Waals surface area contributed by atoms with E-state index in [9.17, 15) is 13.2 Å². The summed E-state index contributed by atoms with van der Waals surface area (Å²) in [6.07, 6.45) is 0. The van der Waals surface area contributed by atoms with Crippen LogP contribution < -0.4 is 10.5 Å². The molecule has 17 heavy (non-hydrogen) atoms. The molecule has 1 rings (SSSR count). The Morgan fingerprint density at radius 3 is 2.82 bits per heavy atom. The second-order valence-electron chi connectivity index (χ2n) is 2.97. The van der Waals surface area contributed by atoms with Gasteiger partial charge in [-0.3, -0.25) is 4.79 Å². The van der Waals surface area contributed by atoms with Crippen molar-refractivity contribution in [1.82, 2.24) is 4.72 Å². The van der Waals surface area contributed by atoms with Gasteiger partial charge in [-0.15, -0.1) is 11.3 Å². The summed E-state index contributed by atoms with van der Waals surface area (Å²) in [4.78, 5) is 10.3. The van der Waals surface area contributed by atoms with Crippen LogP contribution in [0.5, 0.6) is 0 Å². The number of halogens is 1. The van der Waals surface area contributed by atoms with Crippen LogP contribution in [0.3, 0.4) is 0 Å². The summed E-state index contributed by atoms with van der Waals surface area (Å²) in [5.74, 6) is -0.589. The summed E-state index contributed by atoms with van der Waals surface area (Å²) in [6.45, 7) is -0.0461. The van der Waals surface area contributed by atoms with Crippen LogP contribution in [0.1, 0.15) is 0 Å². The molecule has 96 valence electrons. The Balaban J connectivity index is 2.41. The number of amides is 1. The highest BCUT2D eigenvalue weighted by molar-refractivity contribution is 9.10. The average molecular weight is 343 g/mol. The van der Waals surface area contributed by atoms with Crippen molar-refractivity contribution in [3.63, 3.8) is 0 Å². The molecule has 3 N–H and O–H groups in total. The molecule has 0 radical (unpaired) electrons. The molecule has 9 heteroatoms. The van der Waals surface area contributed by atoms with E-state index in [-0.39, 0.29) is 24.0 Å². The molecule has 0 saturated heterocycles. The highest BCUT2D eigenvalue weighted by atomic mass is 79.9. The van der Waals surface area contributed by atoms with Gasteiger partial charge in [0.25, 0.3) is 10.0 Å². The van der Waals surface area contributed by atoms with Crippen LogP contribution in [0.25, 0.3) is 0 Å². The van der Waals surface area contributed by atoms with E-state index in [1.54, 1.807) is 11.4 Å². The maximum atomic E-state index is 11.7. The van der Waals surface area contributed by atoms with Crippen LogP contribution in [-0.2, 0) is 19.6 Å². The number of ether oxygens (including phenoxy) is 1. The van der Waals surface area contributed by atoms with Crippen molar-refractivity contribution in [3.8, 4) is 0 Å². The molecule has 0 aliphatic rings. The van der Waals surface area contributed by atoms with Gasteiger partial charge in [-0.05, 0) is 27.4 Å². The summed E-state index contributed by atoms with van der Waals surface area (Å²) in [6, 6.07) is 1.66. The van der Waals surface area contributed by atoms with E-state index < -0.39 is 15.9 Å². The van der Waals surface area contributed by atoms with E-state index in [4.69, 9.17) is 10.5 Å². The number of thiophene rings is 1. The third kappa shape index (κ3) is 4.72. The minimum Gasteiger partial charge on any atom is -0.370 e. The summed E-state index contributed by atoms with van der Waals surface area (Å²) in [7, 11) is -3.52. The largest absolute Gasteiger partial charge is 0.370 e. The van der Waals surface area contributed by atoms with Crippen LogP contribution in [0.15, 0.2) is 20.1 Å². The molecular formula is C8H11BrN2O4S2. The Hall–Kier alpha value is -0.480. The quantitative estimate of drug-likeness (QED) is 0.695. The number of nitrogens with one attached hydrogen (secondary N) is 1. The molecule has 0 spiro atoms. The fraction of sp³-hybridized carbons (Fsp3) is 0.375. The Morgan fingerprint density at radius 2 is 2.29 bits per heavy atom. The molecule has 1 heterocycles. The van der Waals surface area contributed by atoms with Crippen LogP contribution in [0.4, 0.5) is 0 Å². The van der Waals surface area contributed by atoms with E-state index in [0.29, 0.717) is 4.47 Å². The summed E-state index contributed by atoms with van der Waals surface area (Å²) in [5, 5.41) is 1.67. The van der Waals surface area contributed by atoms with Gasteiger partial charge in [0.15, 0.2) is 0 Å². The highest BCUT2D eigenvalue weighted by Gasteiger charge is 2.18. The fourth-order valence-corrected chi connectivity index (χ4v) is 4.35. The van der Waals surface area contributed by atoms with Gasteiger partial charge >= 0.3 is 0 Å². The predicted octanol–water partition coefficient (Wildman–Crippen LogP) is 0.291. The molecule has 1 amide bonds. The van der Waals surface area contributed by atoms with Gasteiger partial charge < -0.3 is 10.5 Å². The van der Waals surface area contributed by atoms with E-state index in [2.05, 4.69) is 20.7 Å². The zero-order valence-electron chi connectivity index (χ0n) is 8.68. The Labute approximate surface area is 111 Å². The van der Waals surface area contributed by atoms with Crippen molar-refractivity contribution >= 4 is 43.2 Å². The third-order valence-electron chi connectivity index (χ3n) is 1.61. The lowest BCUT2D eigenvalue weighted by atomic mass is 10.6. The molecule has 0 aromatic carbocycles. The second-order valence-corrected chi connectivity index (χ2v) is 6.71. The van der Waals surface area contributed by atoms with Gasteiger partial charge in [0.1, 0.15) is 10.8 Å². The van der Waals surface area contributed by atoms with Crippen molar-refractivity contribution in [2.75, 3.05) is 19.8 Å². The standard InChI is InChI=1S/C8H11BrN2O4S2/c9-6-1-4-16-8(6)17(13,14)11-2-3-15-5-7(10)12/h1,4,11H,2-3,5H2,(H2,10,12). The van der Waals surface area contributed by atoms with Crippen LogP contribution in [-0.4, -0.2) is 34.1 Å². The van der Waals surface area contributed by atoms with Gasteiger partial charge in [-0.25, -0.2) is 13.1 Å². The SMILES string of the molecule is NC(=O)COCCNS(=O)(=O)c1sccc1Br. The first-order valence-corrected chi connectivity index (χ1v) is 7.68. The first-order chi connectivity index (χ1) is 7.93. The highest BCUT2D eigenvalue weighted by Crippen LogP contribution is 2.26. The minimum atomic E-state index is -3.52. The van der Waals surface area contributed by atoms with Crippen molar-refractivity contribution in [3.05, 3.63) is 15.9 Å². The normalized spacial score (nSPS) is 11.6. The van der Waals surface area contributed by atoms with Gasteiger partial charge in [0.05, 0.1) is 6.61 Å². The monoisotopic (exact) mass is 342 g/mol. The molecule has 0 aliphatic heterocycles.